The zero-order valence-electron chi connectivity index (χ0n) is 11.3. The Bertz CT molecular complexity index is 371. The number of nitrogens with one attached hydrogen (secondary N) is 2. The second kappa shape index (κ2) is 6.43. The van der Waals surface area contributed by atoms with E-state index in [9.17, 15) is 0 Å². The molecule has 0 spiro atoms. The first-order chi connectivity index (χ1) is 8.72. The smallest absolute Gasteiger partial charge is 0.315 e. The van der Waals surface area contributed by atoms with Gasteiger partial charge in [0.15, 0.2) is 0 Å². The van der Waals surface area contributed by atoms with Gasteiger partial charge in [0.25, 0.3) is 0 Å². The third-order valence-electron chi connectivity index (χ3n) is 3.37. The summed E-state index contributed by atoms with van der Waals surface area (Å²) in [5.41, 5.74) is 0. The Morgan fingerprint density at radius 2 is 2.28 bits per heavy atom. The van der Waals surface area contributed by atoms with Crippen LogP contribution in [0.4, 0.5) is 6.01 Å². The van der Waals surface area contributed by atoms with Gasteiger partial charge in [-0.05, 0) is 39.0 Å². The number of thioether (sulfide) groups is 1. The van der Waals surface area contributed by atoms with E-state index in [2.05, 4.69) is 34.0 Å². The van der Waals surface area contributed by atoms with E-state index in [1.807, 2.05) is 18.7 Å². The quantitative estimate of drug-likeness (QED) is 0.828. The Hall–Kier alpha value is -0.750. The molecule has 1 heterocycles. The summed E-state index contributed by atoms with van der Waals surface area (Å²) in [6, 6.07) is 1.15. The highest BCUT2D eigenvalue weighted by molar-refractivity contribution is 7.99. The first-order valence-corrected chi connectivity index (χ1v) is 7.87. The largest absolute Gasteiger partial charge is 0.406 e. The fraction of sp³-hybridized carbons (Fsp3) is 0.833. The normalized spacial score (nSPS) is 25.3. The summed E-state index contributed by atoms with van der Waals surface area (Å²) in [7, 11) is 0. The van der Waals surface area contributed by atoms with Crippen LogP contribution in [0.15, 0.2) is 4.42 Å². The molecule has 0 saturated heterocycles. The lowest BCUT2D eigenvalue weighted by Gasteiger charge is -2.10. The summed E-state index contributed by atoms with van der Waals surface area (Å²) >= 11 is 1.95. The molecule has 102 valence electrons. The minimum absolute atomic E-state index is 0.112. The van der Waals surface area contributed by atoms with Gasteiger partial charge in [0.2, 0.25) is 5.89 Å². The molecule has 0 radical (unpaired) electrons. The van der Waals surface area contributed by atoms with Crippen LogP contribution >= 0.6 is 11.8 Å². The Labute approximate surface area is 112 Å². The lowest BCUT2D eigenvalue weighted by Crippen LogP contribution is -2.18. The molecule has 3 atom stereocenters. The average molecular weight is 270 g/mol. The highest BCUT2D eigenvalue weighted by atomic mass is 32.2. The maximum Gasteiger partial charge on any atom is 0.315 e. The summed E-state index contributed by atoms with van der Waals surface area (Å²) in [6.07, 6.45) is 5.82. The predicted octanol–water partition coefficient (Wildman–Crippen LogP) is 2.44. The maximum atomic E-state index is 5.63. The fourth-order valence-corrected chi connectivity index (χ4v) is 3.12. The van der Waals surface area contributed by atoms with E-state index in [0.29, 0.717) is 17.9 Å². The Balaban J connectivity index is 1.87. The van der Waals surface area contributed by atoms with E-state index in [-0.39, 0.29) is 6.04 Å². The zero-order chi connectivity index (χ0) is 13.0. The fourth-order valence-electron chi connectivity index (χ4n) is 2.32. The molecule has 1 aliphatic carbocycles. The summed E-state index contributed by atoms with van der Waals surface area (Å²) in [4.78, 5) is 0. The number of aromatic nitrogens is 2. The molecule has 0 aliphatic heterocycles. The Morgan fingerprint density at radius 1 is 1.44 bits per heavy atom. The van der Waals surface area contributed by atoms with Crippen molar-refractivity contribution >= 4 is 17.8 Å². The van der Waals surface area contributed by atoms with Crippen LogP contribution in [-0.2, 0) is 0 Å². The number of anilines is 1. The number of rotatable bonds is 6. The van der Waals surface area contributed by atoms with Crippen molar-refractivity contribution in [3.8, 4) is 0 Å². The molecule has 0 bridgehead atoms. The molecule has 18 heavy (non-hydrogen) atoms. The monoisotopic (exact) mass is 270 g/mol. The van der Waals surface area contributed by atoms with Gasteiger partial charge in [0.05, 0.1) is 6.04 Å². The van der Waals surface area contributed by atoms with Gasteiger partial charge in [-0.3, -0.25) is 0 Å². The lowest BCUT2D eigenvalue weighted by molar-refractivity contribution is 0.426. The summed E-state index contributed by atoms with van der Waals surface area (Å²) < 4.78 is 5.63. The van der Waals surface area contributed by atoms with Crippen molar-refractivity contribution in [1.82, 2.24) is 15.5 Å². The molecule has 1 aliphatic rings. The van der Waals surface area contributed by atoms with E-state index in [4.69, 9.17) is 4.42 Å². The van der Waals surface area contributed by atoms with Crippen LogP contribution in [-0.4, -0.2) is 34.3 Å². The first kappa shape index (κ1) is 13.7. The van der Waals surface area contributed by atoms with Gasteiger partial charge in [-0.1, -0.05) is 12.0 Å². The average Bonchev–Trinajstić information content (AvgIpc) is 2.99. The predicted molar refractivity (Wildman–Crippen MR) is 75.0 cm³/mol. The van der Waals surface area contributed by atoms with Crippen molar-refractivity contribution in [2.75, 3.05) is 18.1 Å². The van der Waals surface area contributed by atoms with Gasteiger partial charge in [0, 0.05) is 11.3 Å². The van der Waals surface area contributed by atoms with Crippen LogP contribution in [0.1, 0.15) is 45.0 Å². The Kier molecular flexibility index (Phi) is 4.88. The Morgan fingerprint density at radius 3 is 2.94 bits per heavy atom. The first-order valence-electron chi connectivity index (χ1n) is 6.59. The van der Waals surface area contributed by atoms with Gasteiger partial charge < -0.3 is 15.1 Å². The molecule has 6 heteroatoms. The van der Waals surface area contributed by atoms with Crippen molar-refractivity contribution in [2.45, 2.75) is 50.4 Å². The van der Waals surface area contributed by atoms with Gasteiger partial charge in [-0.25, -0.2) is 0 Å². The van der Waals surface area contributed by atoms with Crippen LogP contribution < -0.4 is 10.6 Å². The van der Waals surface area contributed by atoms with E-state index in [1.165, 1.54) is 19.3 Å². The molecular formula is C12H22N4OS. The number of hydrogen-bond acceptors (Lipinski definition) is 6. The van der Waals surface area contributed by atoms with Crippen LogP contribution in [0.3, 0.4) is 0 Å². The maximum absolute atomic E-state index is 5.63. The lowest BCUT2D eigenvalue weighted by atomic mass is 10.3. The summed E-state index contributed by atoms with van der Waals surface area (Å²) in [6.45, 7) is 4.98. The zero-order valence-corrected chi connectivity index (χ0v) is 12.1. The molecule has 1 aromatic heterocycles. The molecule has 5 nitrogen and oxygen atoms in total. The van der Waals surface area contributed by atoms with E-state index in [0.717, 1.165) is 11.8 Å². The van der Waals surface area contributed by atoms with E-state index < -0.39 is 0 Å². The minimum Gasteiger partial charge on any atom is -0.406 e. The minimum atomic E-state index is 0.112. The van der Waals surface area contributed by atoms with Crippen molar-refractivity contribution in [3.05, 3.63) is 5.89 Å². The van der Waals surface area contributed by atoms with Crippen LogP contribution in [0.2, 0.25) is 0 Å². The highest BCUT2D eigenvalue weighted by Crippen LogP contribution is 2.30. The standard InChI is InChI=1S/C12H22N4OS/c1-4-13-8(2)11-15-16-12(17-11)14-9-5-6-10(7-9)18-3/h8-10,13H,4-7H2,1-3H3,(H,14,16). The van der Waals surface area contributed by atoms with E-state index >= 15 is 0 Å². The van der Waals surface area contributed by atoms with Gasteiger partial charge >= 0.3 is 6.01 Å². The van der Waals surface area contributed by atoms with Crippen molar-refractivity contribution in [3.63, 3.8) is 0 Å². The molecular weight excluding hydrogens is 248 g/mol. The third-order valence-corrected chi connectivity index (χ3v) is 4.46. The molecule has 2 N–H and O–H groups in total. The van der Waals surface area contributed by atoms with E-state index in [1.54, 1.807) is 0 Å². The SMILES string of the molecule is CCNC(C)c1nnc(NC2CCC(SC)C2)o1. The molecule has 1 saturated carbocycles. The molecule has 0 aromatic carbocycles. The van der Waals surface area contributed by atoms with Crippen LogP contribution in [0.5, 0.6) is 0 Å². The van der Waals surface area contributed by atoms with Crippen molar-refractivity contribution in [1.29, 1.82) is 0 Å². The molecule has 1 aromatic rings. The molecule has 0 amide bonds. The topological polar surface area (TPSA) is 63.0 Å². The third kappa shape index (κ3) is 3.38. The molecule has 2 rings (SSSR count). The molecule has 3 unspecified atom stereocenters. The van der Waals surface area contributed by atoms with Gasteiger partial charge in [0.1, 0.15) is 0 Å². The van der Waals surface area contributed by atoms with Crippen LogP contribution in [0.25, 0.3) is 0 Å². The second-order valence-corrected chi connectivity index (χ2v) is 5.87. The van der Waals surface area contributed by atoms with Crippen molar-refractivity contribution < 1.29 is 4.42 Å². The van der Waals surface area contributed by atoms with Crippen molar-refractivity contribution in [2.24, 2.45) is 0 Å². The molecule has 1 fully saturated rings. The van der Waals surface area contributed by atoms with Gasteiger partial charge in [-0.2, -0.15) is 11.8 Å². The van der Waals surface area contributed by atoms with Gasteiger partial charge in [-0.15, -0.1) is 5.10 Å². The number of nitrogens with zero attached hydrogens (tertiary/aromatic N) is 2. The second-order valence-electron chi connectivity index (χ2n) is 4.74. The summed E-state index contributed by atoms with van der Waals surface area (Å²) in [5.74, 6) is 0.652. The highest BCUT2D eigenvalue weighted by Gasteiger charge is 2.25. The van der Waals surface area contributed by atoms with Crippen LogP contribution in [0, 0.1) is 0 Å². The number of hydrogen-bond donors (Lipinski definition) is 2. The summed E-state index contributed by atoms with van der Waals surface area (Å²) in [5, 5.41) is 15.5.